The summed E-state index contributed by atoms with van der Waals surface area (Å²) in [4.78, 5) is 4.41. The van der Waals surface area contributed by atoms with Gasteiger partial charge in [-0.05, 0) is 37.2 Å². The molecule has 4 heteroatoms. The summed E-state index contributed by atoms with van der Waals surface area (Å²) in [5.74, 6) is -0.197. The molecular formula is C16H18BrFN2. The average molecular weight is 337 g/mol. The van der Waals surface area contributed by atoms with E-state index in [0.717, 1.165) is 22.3 Å². The second kappa shape index (κ2) is 6.95. The van der Waals surface area contributed by atoms with Crippen LogP contribution in [0.5, 0.6) is 0 Å². The van der Waals surface area contributed by atoms with E-state index in [1.165, 1.54) is 6.07 Å². The van der Waals surface area contributed by atoms with Crippen LogP contribution in [-0.2, 0) is 6.42 Å². The Balaban J connectivity index is 2.29. The van der Waals surface area contributed by atoms with Gasteiger partial charge in [0, 0.05) is 34.4 Å². The van der Waals surface area contributed by atoms with E-state index in [1.54, 1.807) is 6.07 Å². The highest BCUT2D eigenvalue weighted by Gasteiger charge is 2.18. The first-order chi connectivity index (χ1) is 9.61. The molecule has 20 heavy (non-hydrogen) atoms. The molecule has 0 aliphatic heterocycles. The van der Waals surface area contributed by atoms with Crippen LogP contribution >= 0.6 is 15.9 Å². The van der Waals surface area contributed by atoms with E-state index in [0.29, 0.717) is 12.0 Å². The normalized spacial score (nSPS) is 12.4. The highest BCUT2D eigenvalue weighted by atomic mass is 79.9. The lowest BCUT2D eigenvalue weighted by Gasteiger charge is -2.20. The summed E-state index contributed by atoms with van der Waals surface area (Å²) >= 11 is 3.44. The van der Waals surface area contributed by atoms with Crippen molar-refractivity contribution in [3.8, 4) is 0 Å². The quantitative estimate of drug-likeness (QED) is 0.885. The summed E-state index contributed by atoms with van der Waals surface area (Å²) in [7, 11) is 0. The minimum absolute atomic E-state index is 0.0919. The van der Waals surface area contributed by atoms with Crippen LogP contribution < -0.4 is 5.32 Å². The van der Waals surface area contributed by atoms with Crippen LogP contribution in [0.15, 0.2) is 41.0 Å². The largest absolute Gasteiger partial charge is 0.310 e. The standard InChI is InChI=1S/C16H18BrFN2/c1-3-19-15(9-12-8-7-11(2)10-20-12)16-13(17)5-4-6-14(16)18/h4-8,10,15,19H,3,9H2,1-2H3. The van der Waals surface area contributed by atoms with E-state index in [9.17, 15) is 4.39 Å². The molecule has 0 saturated carbocycles. The SMILES string of the molecule is CCNC(Cc1ccc(C)cn1)c1c(F)cccc1Br. The Morgan fingerprint density at radius 2 is 2.10 bits per heavy atom. The maximum Gasteiger partial charge on any atom is 0.129 e. The molecule has 0 aliphatic rings. The molecule has 1 atom stereocenters. The summed E-state index contributed by atoms with van der Waals surface area (Å²) in [5.41, 5.74) is 2.74. The van der Waals surface area contributed by atoms with E-state index >= 15 is 0 Å². The molecule has 0 aliphatic carbocycles. The fraction of sp³-hybridized carbons (Fsp3) is 0.312. The lowest BCUT2D eigenvalue weighted by molar-refractivity contribution is 0.504. The molecule has 0 saturated heterocycles. The van der Waals surface area contributed by atoms with Crippen LogP contribution in [0.25, 0.3) is 0 Å². The van der Waals surface area contributed by atoms with Crippen LogP contribution in [0.4, 0.5) is 4.39 Å². The molecule has 2 aromatic rings. The number of hydrogen-bond donors (Lipinski definition) is 1. The Hall–Kier alpha value is -1.26. The van der Waals surface area contributed by atoms with Gasteiger partial charge in [0.15, 0.2) is 0 Å². The number of rotatable bonds is 5. The minimum atomic E-state index is -0.197. The summed E-state index contributed by atoms with van der Waals surface area (Å²) < 4.78 is 14.9. The number of nitrogens with zero attached hydrogens (tertiary/aromatic N) is 1. The molecule has 1 aromatic heterocycles. The van der Waals surface area contributed by atoms with Crippen molar-refractivity contribution in [1.29, 1.82) is 0 Å². The fourth-order valence-electron chi connectivity index (χ4n) is 2.19. The molecule has 2 rings (SSSR count). The first-order valence-corrected chi connectivity index (χ1v) is 7.50. The number of nitrogens with one attached hydrogen (secondary N) is 1. The maximum absolute atomic E-state index is 14.1. The summed E-state index contributed by atoms with van der Waals surface area (Å²) in [6, 6.07) is 9.00. The number of aryl methyl sites for hydroxylation is 1. The second-order valence-corrected chi connectivity index (χ2v) is 5.63. The fourth-order valence-corrected chi connectivity index (χ4v) is 2.81. The van der Waals surface area contributed by atoms with E-state index in [4.69, 9.17) is 0 Å². The van der Waals surface area contributed by atoms with Gasteiger partial charge >= 0.3 is 0 Å². The number of hydrogen-bond acceptors (Lipinski definition) is 2. The van der Waals surface area contributed by atoms with E-state index in [-0.39, 0.29) is 11.9 Å². The Labute approximate surface area is 127 Å². The zero-order valence-electron chi connectivity index (χ0n) is 11.7. The number of halogens is 2. The van der Waals surface area contributed by atoms with Gasteiger partial charge in [0.2, 0.25) is 0 Å². The van der Waals surface area contributed by atoms with Gasteiger partial charge in [-0.3, -0.25) is 4.98 Å². The van der Waals surface area contributed by atoms with Gasteiger partial charge < -0.3 is 5.32 Å². The highest BCUT2D eigenvalue weighted by molar-refractivity contribution is 9.10. The van der Waals surface area contributed by atoms with Crippen molar-refractivity contribution in [2.24, 2.45) is 0 Å². The molecule has 106 valence electrons. The molecular weight excluding hydrogens is 319 g/mol. The number of aromatic nitrogens is 1. The van der Waals surface area contributed by atoms with Gasteiger partial charge in [-0.15, -0.1) is 0 Å². The summed E-state index contributed by atoms with van der Waals surface area (Å²) in [6.45, 7) is 4.80. The molecule has 1 N–H and O–H groups in total. The van der Waals surface area contributed by atoms with E-state index < -0.39 is 0 Å². The van der Waals surface area contributed by atoms with E-state index in [2.05, 4.69) is 26.2 Å². The minimum Gasteiger partial charge on any atom is -0.310 e. The Morgan fingerprint density at radius 3 is 2.70 bits per heavy atom. The lowest BCUT2D eigenvalue weighted by Crippen LogP contribution is -2.24. The van der Waals surface area contributed by atoms with Crippen molar-refractivity contribution < 1.29 is 4.39 Å². The highest BCUT2D eigenvalue weighted by Crippen LogP contribution is 2.28. The molecule has 0 fully saturated rings. The first-order valence-electron chi connectivity index (χ1n) is 6.70. The molecule has 0 amide bonds. The number of likely N-dealkylation sites (N-methyl/N-ethyl adjacent to an activating group) is 1. The molecule has 0 spiro atoms. The summed E-state index contributed by atoms with van der Waals surface area (Å²) in [6.07, 6.45) is 2.50. The third-order valence-corrected chi connectivity index (χ3v) is 3.88. The molecule has 1 heterocycles. The van der Waals surface area contributed by atoms with Crippen molar-refractivity contribution in [1.82, 2.24) is 10.3 Å². The van der Waals surface area contributed by atoms with Crippen molar-refractivity contribution in [2.45, 2.75) is 26.3 Å². The smallest absolute Gasteiger partial charge is 0.129 e. The predicted octanol–water partition coefficient (Wildman–Crippen LogP) is 4.18. The van der Waals surface area contributed by atoms with Crippen LogP contribution in [0, 0.1) is 12.7 Å². The van der Waals surface area contributed by atoms with Gasteiger partial charge in [0.05, 0.1) is 0 Å². The Morgan fingerprint density at radius 1 is 1.30 bits per heavy atom. The summed E-state index contributed by atoms with van der Waals surface area (Å²) in [5, 5.41) is 3.33. The van der Waals surface area contributed by atoms with Crippen molar-refractivity contribution >= 4 is 15.9 Å². The van der Waals surface area contributed by atoms with Gasteiger partial charge in [0.25, 0.3) is 0 Å². The lowest BCUT2D eigenvalue weighted by atomic mass is 10.0. The Bertz CT molecular complexity index is 549. The molecule has 1 unspecified atom stereocenters. The molecule has 1 aromatic carbocycles. The van der Waals surface area contributed by atoms with Gasteiger partial charge in [0.1, 0.15) is 5.82 Å². The zero-order valence-corrected chi connectivity index (χ0v) is 13.2. The second-order valence-electron chi connectivity index (χ2n) is 4.78. The third kappa shape index (κ3) is 3.64. The van der Waals surface area contributed by atoms with Crippen LogP contribution in [0.2, 0.25) is 0 Å². The van der Waals surface area contributed by atoms with Crippen LogP contribution in [-0.4, -0.2) is 11.5 Å². The number of benzene rings is 1. The van der Waals surface area contributed by atoms with Gasteiger partial charge in [-0.25, -0.2) is 4.39 Å². The van der Waals surface area contributed by atoms with Crippen LogP contribution in [0.3, 0.4) is 0 Å². The first kappa shape index (κ1) is 15.1. The Kier molecular flexibility index (Phi) is 5.26. The third-order valence-electron chi connectivity index (χ3n) is 3.18. The van der Waals surface area contributed by atoms with Crippen LogP contribution in [0.1, 0.15) is 29.8 Å². The molecule has 0 radical (unpaired) electrons. The van der Waals surface area contributed by atoms with Gasteiger partial charge in [-0.1, -0.05) is 35.0 Å². The molecule has 2 nitrogen and oxygen atoms in total. The molecule has 0 bridgehead atoms. The topological polar surface area (TPSA) is 24.9 Å². The number of pyridine rings is 1. The predicted molar refractivity (Wildman–Crippen MR) is 83.2 cm³/mol. The van der Waals surface area contributed by atoms with Crippen molar-refractivity contribution in [2.75, 3.05) is 6.54 Å². The van der Waals surface area contributed by atoms with Crippen molar-refractivity contribution in [3.63, 3.8) is 0 Å². The maximum atomic E-state index is 14.1. The average Bonchev–Trinajstić information content (AvgIpc) is 2.41. The zero-order chi connectivity index (χ0) is 14.5. The monoisotopic (exact) mass is 336 g/mol. The van der Waals surface area contributed by atoms with E-state index in [1.807, 2.05) is 38.2 Å². The van der Waals surface area contributed by atoms with Crippen molar-refractivity contribution in [3.05, 3.63) is 63.6 Å². The van der Waals surface area contributed by atoms with Gasteiger partial charge in [-0.2, -0.15) is 0 Å².